The Balaban J connectivity index is 1.95. The molecule has 0 heterocycles. The van der Waals surface area contributed by atoms with Crippen molar-refractivity contribution in [3.63, 3.8) is 0 Å². The van der Waals surface area contributed by atoms with E-state index >= 15 is 0 Å². The van der Waals surface area contributed by atoms with Gasteiger partial charge < -0.3 is 20.1 Å². The van der Waals surface area contributed by atoms with Gasteiger partial charge in [0.05, 0.1) is 20.8 Å². The van der Waals surface area contributed by atoms with Crippen LogP contribution in [0.5, 0.6) is 11.5 Å². The summed E-state index contributed by atoms with van der Waals surface area (Å²) in [7, 11) is 3.35. The minimum absolute atomic E-state index is 0.651. The molecule has 0 radical (unpaired) electrons. The smallest absolute Gasteiger partial charge is 0.191 e. The number of hydrogen-bond acceptors (Lipinski definition) is 3. The Bertz CT molecular complexity index is 672. The Morgan fingerprint density at radius 3 is 2.48 bits per heavy atom. The van der Waals surface area contributed by atoms with Crippen molar-refractivity contribution in [1.82, 2.24) is 10.6 Å². The van der Waals surface area contributed by atoms with E-state index < -0.39 is 0 Å². The summed E-state index contributed by atoms with van der Waals surface area (Å²) in [6.45, 7) is 4.29. The van der Waals surface area contributed by atoms with Crippen molar-refractivity contribution >= 4 is 5.96 Å². The van der Waals surface area contributed by atoms with Crippen molar-refractivity contribution in [1.29, 1.82) is 0 Å². The van der Waals surface area contributed by atoms with Crippen molar-refractivity contribution in [2.75, 3.05) is 27.3 Å². The third-order valence-corrected chi connectivity index (χ3v) is 3.78. The average molecular weight is 341 g/mol. The molecule has 0 aliphatic rings. The molecule has 5 heteroatoms. The van der Waals surface area contributed by atoms with Gasteiger partial charge >= 0.3 is 0 Å². The summed E-state index contributed by atoms with van der Waals surface area (Å²) in [5, 5.41) is 6.64. The summed E-state index contributed by atoms with van der Waals surface area (Å²) in [4.78, 5) is 4.63. The van der Waals surface area contributed by atoms with E-state index in [0.717, 1.165) is 42.5 Å². The maximum atomic E-state index is 5.43. The van der Waals surface area contributed by atoms with Crippen LogP contribution in [0.3, 0.4) is 0 Å². The van der Waals surface area contributed by atoms with Gasteiger partial charge in [0.2, 0.25) is 0 Å². The highest BCUT2D eigenvalue weighted by molar-refractivity contribution is 5.79. The van der Waals surface area contributed by atoms with Gasteiger partial charge in [-0.15, -0.1) is 0 Å². The molecule has 2 aromatic rings. The fourth-order valence-electron chi connectivity index (χ4n) is 2.49. The Morgan fingerprint density at radius 2 is 1.80 bits per heavy atom. The number of aliphatic imine (C=N–C) groups is 1. The first-order valence-electron chi connectivity index (χ1n) is 8.53. The molecule has 0 spiro atoms. The highest BCUT2D eigenvalue weighted by Gasteiger charge is 2.05. The Labute approximate surface area is 150 Å². The summed E-state index contributed by atoms with van der Waals surface area (Å²) in [5.41, 5.74) is 2.29. The second-order valence-corrected chi connectivity index (χ2v) is 5.54. The van der Waals surface area contributed by atoms with Crippen LogP contribution in [0.4, 0.5) is 0 Å². The summed E-state index contributed by atoms with van der Waals surface area (Å²) >= 11 is 0. The monoisotopic (exact) mass is 341 g/mol. The van der Waals surface area contributed by atoms with Gasteiger partial charge in [0, 0.05) is 13.1 Å². The normalized spacial score (nSPS) is 11.1. The number of rotatable bonds is 8. The fraction of sp³-hybridized carbons (Fsp3) is 0.350. The highest BCUT2D eigenvalue weighted by atomic mass is 16.5. The van der Waals surface area contributed by atoms with E-state index in [0.29, 0.717) is 6.54 Å². The lowest BCUT2D eigenvalue weighted by molar-refractivity contribution is 0.398. The minimum Gasteiger partial charge on any atom is -0.497 e. The van der Waals surface area contributed by atoms with Gasteiger partial charge in [-0.3, -0.25) is 0 Å². The molecule has 0 amide bonds. The second kappa shape index (κ2) is 10.2. The van der Waals surface area contributed by atoms with Gasteiger partial charge in [-0.05, 0) is 42.7 Å². The molecule has 5 nitrogen and oxygen atoms in total. The first-order chi connectivity index (χ1) is 12.3. The van der Waals surface area contributed by atoms with Crippen LogP contribution in [0, 0.1) is 0 Å². The molecule has 0 atom stereocenters. The van der Waals surface area contributed by atoms with Crippen LogP contribution >= 0.6 is 0 Å². The Kier molecular flexibility index (Phi) is 7.63. The lowest BCUT2D eigenvalue weighted by atomic mass is 10.1. The molecule has 0 unspecified atom stereocenters. The lowest BCUT2D eigenvalue weighted by Gasteiger charge is -2.13. The quantitative estimate of drug-likeness (QED) is 0.572. The Hall–Kier alpha value is -2.69. The van der Waals surface area contributed by atoms with Crippen LogP contribution < -0.4 is 20.1 Å². The van der Waals surface area contributed by atoms with Crippen molar-refractivity contribution in [2.45, 2.75) is 19.9 Å². The predicted octanol–water partition coefficient (Wildman–Crippen LogP) is 3.00. The van der Waals surface area contributed by atoms with E-state index in [1.165, 1.54) is 5.56 Å². The van der Waals surface area contributed by atoms with Gasteiger partial charge in [0.25, 0.3) is 0 Å². The lowest BCUT2D eigenvalue weighted by Crippen LogP contribution is -2.38. The molecule has 25 heavy (non-hydrogen) atoms. The van der Waals surface area contributed by atoms with Crippen molar-refractivity contribution in [2.24, 2.45) is 4.99 Å². The van der Waals surface area contributed by atoms with Crippen LogP contribution in [-0.2, 0) is 13.0 Å². The van der Waals surface area contributed by atoms with E-state index in [9.17, 15) is 0 Å². The van der Waals surface area contributed by atoms with Crippen molar-refractivity contribution in [3.8, 4) is 11.5 Å². The van der Waals surface area contributed by atoms with Gasteiger partial charge in [-0.1, -0.05) is 30.3 Å². The number of hydrogen-bond donors (Lipinski definition) is 2. The molecule has 0 aliphatic carbocycles. The molecule has 0 saturated carbocycles. The standard InChI is InChI=1S/C20H27N3O2/c1-4-21-20(23-15-16-8-6-5-7-9-16)22-13-12-17-14-18(24-2)10-11-19(17)25-3/h5-11,14H,4,12-13,15H2,1-3H3,(H2,21,22,23). The van der Waals surface area contributed by atoms with Crippen LogP contribution in [0.2, 0.25) is 0 Å². The number of guanidine groups is 1. The molecule has 2 rings (SSSR count). The zero-order chi connectivity index (χ0) is 17.9. The number of nitrogens with one attached hydrogen (secondary N) is 2. The molecular formula is C20H27N3O2. The predicted molar refractivity (Wildman–Crippen MR) is 103 cm³/mol. The number of methoxy groups -OCH3 is 2. The van der Waals surface area contributed by atoms with E-state index in [1.807, 2.05) is 36.4 Å². The van der Waals surface area contributed by atoms with Gasteiger partial charge in [0.15, 0.2) is 5.96 Å². The second-order valence-electron chi connectivity index (χ2n) is 5.54. The van der Waals surface area contributed by atoms with Crippen LogP contribution in [0.1, 0.15) is 18.1 Å². The summed E-state index contributed by atoms with van der Waals surface area (Å²) in [5.74, 6) is 2.52. The van der Waals surface area contributed by atoms with Gasteiger partial charge in [0.1, 0.15) is 11.5 Å². The first kappa shape index (κ1) is 18.6. The van der Waals surface area contributed by atoms with E-state index in [-0.39, 0.29) is 0 Å². The van der Waals surface area contributed by atoms with Gasteiger partial charge in [-0.25, -0.2) is 4.99 Å². The summed E-state index contributed by atoms with van der Waals surface area (Å²) in [6.07, 6.45) is 0.816. The minimum atomic E-state index is 0.651. The molecule has 0 bridgehead atoms. The largest absolute Gasteiger partial charge is 0.497 e. The molecule has 0 fully saturated rings. The molecule has 0 saturated heterocycles. The molecule has 2 N–H and O–H groups in total. The average Bonchev–Trinajstić information content (AvgIpc) is 2.66. The molecule has 0 aromatic heterocycles. The maximum absolute atomic E-state index is 5.43. The van der Waals surface area contributed by atoms with E-state index in [4.69, 9.17) is 9.47 Å². The van der Waals surface area contributed by atoms with Crippen molar-refractivity contribution in [3.05, 3.63) is 59.7 Å². The SMILES string of the molecule is CCNC(=NCc1ccccc1)NCCc1cc(OC)ccc1OC. The van der Waals surface area contributed by atoms with E-state index in [2.05, 4.69) is 34.7 Å². The highest BCUT2D eigenvalue weighted by Crippen LogP contribution is 2.24. The van der Waals surface area contributed by atoms with Crippen LogP contribution in [0.25, 0.3) is 0 Å². The summed E-state index contributed by atoms with van der Waals surface area (Å²) in [6, 6.07) is 16.1. The van der Waals surface area contributed by atoms with Crippen LogP contribution in [0.15, 0.2) is 53.5 Å². The molecular weight excluding hydrogens is 314 g/mol. The third kappa shape index (κ3) is 6.03. The zero-order valence-electron chi connectivity index (χ0n) is 15.2. The maximum Gasteiger partial charge on any atom is 0.191 e. The molecule has 134 valence electrons. The van der Waals surface area contributed by atoms with Gasteiger partial charge in [-0.2, -0.15) is 0 Å². The number of ether oxygens (including phenoxy) is 2. The summed E-state index contributed by atoms with van der Waals surface area (Å²) < 4.78 is 10.7. The molecule has 0 aliphatic heterocycles. The fourth-order valence-corrected chi connectivity index (χ4v) is 2.49. The number of benzene rings is 2. The van der Waals surface area contributed by atoms with Crippen LogP contribution in [-0.4, -0.2) is 33.3 Å². The molecule has 2 aromatic carbocycles. The first-order valence-corrected chi connectivity index (χ1v) is 8.53. The zero-order valence-corrected chi connectivity index (χ0v) is 15.2. The number of nitrogens with zero attached hydrogens (tertiary/aromatic N) is 1. The van der Waals surface area contributed by atoms with Crippen molar-refractivity contribution < 1.29 is 9.47 Å². The topological polar surface area (TPSA) is 54.9 Å². The van der Waals surface area contributed by atoms with E-state index in [1.54, 1.807) is 14.2 Å². The third-order valence-electron chi connectivity index (χ3n) is 3.78. The Morgan fingerprint density at radius 1 is 1.00 bits per heavy atom.